The summed E-state index contributed by atoms with van der Waals surface area (Å²) in [5.41, 5.74) is 0. The lowest BCUT2D eigenvalue weighted by Crippen LogP contribution is -2.37. The first-order valence-corrected chi connectivity index (χ1v) is 7.07. The van der Waals surface area contributed by atoms with Crippen LogP contribution in [0, 0.1) is 0 Å². The number of amides is 2. The van der Waals surface area contributed by atoms with Crippen LogP contribution < -0.4 is 10.6 Å². The highest BCUT2D eigenvalue weighted by molar-refractivity contribution is 7.16. The van der Waals surface area contributed by atoms with Crippen LogP contribution in [0.3, 0.4) is 0 Å². The topological polar surface area (TPSA) is 93.5 Å². The second kappa shape index (κ2) is 7.21. The van der Waals surface area contributed by atoms with Gasteiger partial charge in [0.05, 0.1) is 4.34 Å². The Kier molecular flexibility index (Phi) is 5.32. The number of rotatable bonds is 5. The highest BCUT2D eigenvalue weighted by Crippen LogP contribution is 2.28. The summed E-state index contributed by atoms with van der Waals surface area (Å²) in [6.07, 6.45) is 0.918. The molecule has 1 unspecified atom stereocenters. The lowest BCUT2D eigenvalue weighted by atomic mass is 10.3. The van der Waals surface area contributed by atoms with Crippen molar-refractivity contribution in [3.63, 3.8) is 0 Å². The largest absolute Gasteiger partial charge is 0.374 e. The maximum Gasteiger partial charge on any atom is 0.314 e. The number of hydrogen-bond donors (Lipinski definition) is 2. The third-order valence-corrected chi connectivity index (χ3v) is 3.85. The molecule has 2 N–H and O–H groups in total. The van der Waals surface area contributed by atoms with Gasteiger partial charge in [-0.2, -0.15) is 0 Å². The third-order valence-electron chi connectivity index (χ3n) is 2.53. The Bertz CT molecular complexity index is 614. The van der Waals surface area contributed by atoms with Crippen molar-refractivity contribution in [2.45, 2.75) is 6.10 Å². The summed E-state index contributed by atoms with van der Waals surface area (Å²) in [7, 11) is 1.51. The van der Waals surface area contributed by atoms with Crippen LogP contribution >= 0.6 is 22.9 Å². The first kappa shape index (κ1) is 15.5. The van der Waals surface area contributed by atoms with Crippen LogP contribution in [0.4, 0.5) is 5.82 Å². The van der Waals surface area contributed by atoms with Gasteiger partial charge in [0, 0.05) is 24.6 Å². The minimum Gasteiger partial charge on any atom is -0.374 e. The second-order valence-electron chi connectivity index (χ2n) is 3.92. The van der Waals surface area contributed by atoms with Gasteiger partial charge in [0.15, 0.2) is 5.82 Å². The highest BCUT2D eigenvalue weighted by Gasteiger charge is 2.18. The molecule has 9 heteroatoms. The quantitative estimate of drug-likeness (QED) is 0.816. The van der Waals surface area contributed by atoms with Crippen LogP contribution in [0.5, 0.6) is 0 Å². The van der Waals surface area contributed by atoms with Gasteiger partial charge in [-0.1, -0.05) is 16.8 Å². The van der Waals surface area contributed by atoms with E-state index in [-0.39, 0.29) is 18.5 Å². The zero-order chi connectivity index (χ0) is 15.2. The van der Waals surface area contributed by atoms with E-state index in [1.54, 1.807) is 6.07 Å². The molecule has 0 radical (unpaired) electrons. The fourth-order valence-electron chi connectivity index (χ4n) is 1.52. The molecule has 0 aliphatic carbocycles. The number of nitrogens with zero attached hydrogens (tertiary/aromatic N) is 1. The summed E-state index contributed by atoms with van der Waals surface area (Å²) in [6, 6.07) is 4.98. The van der Waals surface area contributed by atoms with Crippen LogP contribution in [0.1, 0.15) is 11.0 Å². The molecule has 1 atom stereocenters. The number of ether oxygens (including phenoxy) is 1. The second-order valence-corrected chi connectivity index (χ2v) is 5.66. The number of anilines is 1. The number of thiophene rings is 1. The molecule has 2 amide bonds. The number of aromatic nitrogens is 1. The van der Waals surface area contributed by atoms with Crippen molar-refractivity contribution in [1.29, 1.82) is 0 Å². The number of halogens is 1. The maximum absolute atomic E-state index is 11.7. The van der Waals surface area contributed by atoms with Crippen LogP contribution in [0.25, 0.3) is 0 Å². The molecule has 0 bridgehead atoms. The lowest BCUT2D eigenvalue weighted by Gasteiger charge is -2.14. The van der Waals surface area contributed by atoms with Gasteiger partial charge < -0.3 is 14.6 Å². The number of hydrogen-bond acceptors (Lipinski definition) is 6. The molecule has 0 aliphatic heterocycles. The Morgan fingerprint density at radius 1 is 1.43 bits per heavy atom. The van der Waals surface area contributed by atoms with E-state index in [1.807, 2.05) is 6.07 Å². The SMILES string of the molecule is COC(CNC(=O)C(=O)Nc1ccon1)c1ccc(Cl)s1. The zero-order valence-corrected chi connectivity index (χ0v) is 12.5. The van der Waals surface area contributed by atoms with E-state index in [9.17, 15) is 9.59 Å². The molecular weight excluding hydrogens is 318 g/mol. The molecule has 0 spiro atoms. The minimum absolute atomic E-state index is 0.151. The summed E-state index contributed by atoms with van der Waals surface area (Å²) in [5, 5.41) is 8.25. The summed E-state index contributed by atoms with van der Waals surface area (Å²) in [4.78, 5) is 24.1. The van der Waals surface area contributed by atoms with Crippen LogP contribution in [0.2, 0.25) is 4.34 Å². The molecule has 0 aromatic carbocycles. The van der Waals surface area contributed by atoms with Crippen molar-refractivity contribution >= 4 is 40.6 Å². The molecular formula is C12H12ClN3O4S. The molecule has 21 heavy (non-hydrogen) atoms. The van der Waals surface area contributed by atoms with Crippen molar-refractivity contribution in [2.75, 3.05) is 19.0 Å². The molecule has 112 valence electrons. The Balaban J connectivity index is 1.86. The molecule has 0 fully saturated rings. The van der Waals surface area contributed by atoms with Crippen LogP contribution in [0.15, 0.2) is 29.0 Å². The van der Waals surface area contributed by atoms with Crippen molar-refractivity contribution in [3.8, 4) is 0 Å². The molecule has 0 saturated heterocycles. The van der Waals surface area contributed by atoms with Gasteiger partial charge in [0.2, 0.25) is 0 Å². The van der Waals surface area contributed by atoms with Crippen molar-refractivity contribution in [3.05, 3.63) is 33.7 Å². The summed E-state index contributed by atoms with van der Waals surface area (Å²) < 4.78 is 10.4. The fourth-order valence-corrected chi connectivity index (χ4v) is 2.66. The Labute approximate surface area is 129 Å². The predicted molar refractivity (Wildman–Crippen MR) is 77.2 cm³/mol. The summed E-state index contributed by atoms with van der Waals surface area (Å²) >= 11 is 7.20. The van der Waals surface area contributed by atoms with E-state index in [4.69, 9.17) is 16.3 Å². The normalized spacial score (nSPS) is 11.9. The van der Waals surface area contributed by atoms with E-state index in [0.717, 1.165) is 4.88 Å². The van der Waals surface area contributed by atoms with Gasteiger partial charge in [-0.05, 0) is 12.1 Å². The minimum atomic E-state index is -0.831. The molecule has 0 saturated carbocycles. The lowest BCUT2D eigenvalue weighted by molar-refractivity contribution is -0.136. The average Bonchev–Trinajstić information content (AvgIpc) is 3.11. The van der Waals surface area contributed by atoms with E-state index in [0.29, 0.717) is 4.34 Å². The Morgan fingerprint density at radius 2 is 2.24 bits per heavy atom. The van der Waals surface area contributed by atoms with E-state index >= 15 is 0 Å². The molecule has 0 aliphatic rings. The number of carbonyl (C=O) groups is 2. The van der Waals surface area contributed by atoms with E-state index in [1.165, 1.54) is 30.8 Å². The van der Waals surface area contributed by atoms with Gasteiger partial charge in [0.25, 0.3) is 0 Å². The third kappa shape index (κ3) is 4.28. The van der Waals surface area contributed by atoms with E-state index < -0.39 is 11.8 Å². The monoisotopic (exact) mass is 329 g/mol. The number of nitrogens with one attached hydrogen (secondary N) is 2. The van der Waals surface area contributed by atoms with Gasteiger partial charge >= 0.3 is 11.8 Å². The molecule has 2 aromatic rings. The Morgan fingerprint density at radius 3 is 2.81 bits per heavy atom. The van der Waals surface area contributed by atoms with E-state index in [2.05, 4.69) is 20.3 Å². The first-order valence-electron chi connectivity index (χ1n) is 5.87. The zero-order valence-electron chi connectivity index (χ0n) is 11.0. The molecule has 2 rings (SSSR count). The number of methoxy groups -OCH3 is 1. The van der Waals surface area contributed by atoms with Gasteiger partial charge in [-0.3, -0.25) is 14.9 Å². The summed E-state index contributed by atoms with van der Waals surface area (Å²) in [5.74, 6) is -1.45. The fraction of sp³-hybridized carbons (Fsp3) is 0.250. The van der Waals surface area contributed by atoms with Gasteiger partial charge in [-0.25, -0.2) is 0 Å². The van der Waals surface area contributed by atoms with Gasteiger partial charge in [-0.15, -0.1) is 11.3 Å². The number of carbonyl (C=O) groups excluding carboxylic acids is 2. The van der Waals surface area contributed by atoms with Gasteiger partial charge in [0.1, 0.15) is 12.4 Å². The maximum atomic E-state index is 11.7. The van der Waals surface area contributed by atoms with Crippen molar-refractivity contribution < 1.29 is 18.8 Å². The van der Waals surface area contributed by atoms with Crippen LogP contribution in [-0.2, 0) is 14.3 Å². The highest BCUT2D eigenvalue weighted by atomic mass is 35.5. The first-order chi connectivity index (χ1) is 10.1. The smallest absolute Gasteiger partial charge is 0.314 e. The predicted octanol–water partition coefficient (Wildman–Crippen LogP) is 1.83. The van der Waals surface area contributed by atoms with Crippen LogP contribution in [-0.4, -0.2) is 30.6 Å². The standard InChI is InChI=1S/C12H12ClN3O4S/c1-19-7(8-2-3-9(13)21-8)6-14-11(17)12(18)15-10-4-5-20-16-10/h2-5,7H,6H2,1H3,(H,14,17)(H,15,16,18). The molecule has 2 heterocycles. The molecule has 7 nitrogen and oxygen atoms in total. The summed E-state index contributed by atoms with van der Waals surface area (Å²) in [6.45, 7) is 0.151. The average molecular weight is 330 g/mol. The van der Waals surface area contributed by atoms with Crippen molar-refractivity contribution in [2.24, 2.45) is 0 Å². The van der Waals surface area contributed by atoms with Crippen molar-refractivity contribution in [1.82, 2.24) is 10.5 Å². The Hall–Kier alpha value is -1.90. The molecule has 2 aromatic heterocycles.